The normalized spacial score (nSPS) is 38.0. The second-order valence-corrected chi connectivity index (χ2v) is 11.4. The summed E-state index contributed by atoms with van der Waals surface area (Å²) in [5.74, 6) is 0.975. The van der Waals surface area contributed by atoms with E-state index < -0.39 is 24.9 Å². The fourth-order valence-electron chi connectivity index (χ4n) is 6.21. The summed E-state index contributed by atoms with van der Waals surface area (Å²) < 4.78 is 18.3. The molecule has 0 unspecified atom stereocenters. The van der Waals surface area contributed by atoms with Gasteiger partial charge in [0.25, 0.3) is 0 Å². The average molecular weight is 420 g/mol. The van der Waals surface area contributed by atoms with Crippen LogP contribution >= 0.6 is 0 Å². The molecule has 2 amide bonds. The van der Waals surface area contributed by atoms with Gasteiger partial charge in [-0.25, -0.2) is 4.79 Å². The lowest BCUT2D eigenvalue weighted by Gasteiger charge is -2.64. The summed E-state index contributed by atoms with van der Waals surface area (Å²) >= 11 is 0. The summed E-state index contributed by atoms with van der Waals surface area (Å²) in [6.45, 7) is 14.7. The van der Waals surface area contributed by atoms with Gasteiger partial charge in [0.1, 0.15) is 11.6 Å². The standard InChI is InChI=1S/C22H37BN2O5/c1-13(24-19(27)28-20(2,3)4)18(26)25-10-8-9-17(25)23-29-16-12-14-11-15(21(14,5)6)22(16,7)30-23/h13-17H,8-12H2,1-7H3,(H,24,27)/t13-,14-,15-,16+,17+,22-/m1/s1. The van der Waals surface area contributed by atoms with E-state index in [-0.39, 0.29) is 23.6 Å². The van der Waals surface area contributed by atoms with Crippen molar-refractivity contribution >= 4 is 19.1 Å². The third-order valence-electron chi connectivity index (χ3n) is 7.97. The van der Waals surface area contributed by atoms with Crippen LogP contribution in [0.3, 0.4) is 0 Å². The van der Waals surface area contributed by atoms with E-state index in [0.717, 1.165) is 19.3 Å². The number of rotatable bonds is 3. The molecule has 168 valence electrons. The lowest BCUT2D eigenvalue weighted by atomic mass is 9.43. The maximum absolute atomic E-state index is 13.1. The summed E-state index contributed by atoms with van der Waals surface area (Å²) in [5.41, 5.74) is -0.587. The van der Waals surface area contributed by atoms with E-state index >= 15 is 0 Å². The van der Waals surface area contributed by atoms with E-state index in [4.69, 9.17) is 14.0 Å². The third kappa shape index (κ3) is 3.54. The molecule has 0 aromatic rings. The molecule has 2 bridgehead atoms. The molecule has 5 rings (SSSR count). The van der Waals surface area contributed by atoms with Crippen molar-refractivity contribution < 1.29 is 23.6 Å². The van der Waals surface area contributed by atoms with Crippen LogP contribution in [-0.2, 0) is 18.8 Å². The predicted octanol–water partition coefficient (Wildman–Crippen LogP) is 3.16. The number of likely N-dealkylation sites (tertiary alicyclic amines) is 1. The Morgan fingerprint density at radius 1 is 1.23 bits per heavy atom. The van der Waals surface area contributed by atoms with Gasteiger partial charge in [0.05, 0.1) is 17.6 Å². The summed E-state index contributed by atoms with van der Waals surface area (Å²) in [7, 11) is -0.393. The minimum absolute atomic E-state index is 0.106. The van der Waals surface area contributed by atoms with E-state index in [1.165, 1.54) is 6.42 Å². The maximum Gasteiger partial charge on any atom is 0.481 e. The second-order valence-electron chi connectivity index (χ2n) is 11.4. The van der Waals surface area contributed by atoms with Crippen molar-refractivity contribution in [1.82, 2.24) is 10.2 Å². The first-order valence-electron chi connectivity index (χ1n) is 11.5. The van der Waals surface area contributed by atoms with Crippen molar-refractivity contribution in [3.63, 3.8) is 0 Å². The summed E-state index contributed by atoms with van der Waals surface area (Å²) in [6, 6.07) is -0.661. The number of ether oxygens (including phenoxy) is 1. The molecule has 0 radical (unpaired) electrons. The van der Waals surface area contributed by atoms with Gasteiger partial charge in [0, 0.05) is 6.54 Å². The molecule has 1 N–H and O–H groups in total. The first-order chi connectivity index (χ1) is 13.8. The number of hydrogen-bond acceptors (Lipinski definition) is 5. The quantitative estimate of drug-likeness (QED) is 0.710. The van der Waals surface area contributed by atoms with Crippen molar-refractivity contribution in [2.24, 2.45) is 17.3 Å². The lowest BCUT2D eigenvalue weighted by Crippen LogP contribution is -2.65. The summed E-state index contributed by atoms with van der Waals surface area (Å²) in [5, 5.41) is 2.67. The highest BCUT2D eigenvalue weighted by Gasteiger charge is 2.69. The van der Waals surface area contributed by atoms with Crippen molar-refractivity contribution in [2.75, 3.05) is 6.54 Å². The van der Waals surface area contributed by atoms with Crippen LogP contribution in [-0.4, -0.2) is 59.9 Å². The topological polar surface area (TPSA) is 77.1 Å². The molecule has 3 saturated carbocycles. The zero-order valence-electron chi connectivity index (χ0n) is 19.5. The average Bonchev–Trinajstić information content (AvgIpc) is 3.21. The number of carbonyl (C=O) groups excluding carboxylic acids is 2. The molecule has 7 nitrogen and oxygen atoms in total. The largest absolute Gasteiger partial charge is 0.481 e. The molecule has 6 atom stereocenters. The summed E-state index contributed by atoms with van der Waals surface area (Å²) in [6.07, 6.45) is 3.55. The van der Waals surface area contributed by atoms with E-state index in [0.29, 0.717) is 23.8 Å². The maximum atomic E-state index is 13.1. The first kappa shape index (κ1) is 21.9. The van der Waals surface area contributed by atoms with E-state index in [2.05, 4.69) is 26.1 Å². The van der Waals surface area contributed by atoms with Crippen LogP contribution in [0.4, 0.5) is 4.79 Å². The van der Waals surface area contributed by atoms with Crippen LogP contribution in [0.2, 0.25) is 0 Å². The van der Waals surface area contributed by atoms with Gasteiger partial charge in [0.2, 0.25) is 5.91 Å². The molecule has 0 aromatic heterocycles. The van der Waals surface area contributed by atoms with Crippen LogP contribution in [0, 0.1) is 17.3 Å². The molecule has 3 aliphatic carbocycles. The highest BCUT2D eigenvalue weighted by atomic mass is 16.7. The molecule has 2 saturated heterocycles. The van der Waals surface area contributed by atoms with Crippen molar-refractivity contribution in [3.8, 4) is 0 Å². The minimum Gasteiger partial charge on any atom is -0.444 e. The molecular weight excluding hydrogens is 383 g/mol. The number of alkyl carbamates (subject to hydrolysis) is 1. The molecule has 0 spiro atoms. The Balaban J connectivity index is 1.41. The van der Waals surface area contributed by atoms with Crippen molar-refractivity contribution in [2.45, 2.75) is 103 Å². The monoisotopic (exact) mass is 420 g/mol. The smallest absolute Gasteiger partial charge is 0.444 e. The van der Waals surface area contributed by atoms with Gasteiger partial charge in [-0.3, -0.25) is 4.79 Å². The lowest BCUT2D eigenvalue weighted by molar-refractivity contribution is -0.199. The van der Waals surface area contributed by atoms with Crippen LogP contribution < -0.4 is 5.32 Å². The summed E-state index contributed by atoms with van der Waals surface area (Å²) in [4.78, 5) is 27.1. The highest BCUT2D eigenvalue weighted by molar-refractivity contribution is 6.48. The van der Waals surface area contributed by atoms with Gasteiger partial charge in [0.15, 0.2) is 0 Å². The Morgan fingerprint density at radius 3 is 2.57 bits per heavy atom. The number of amides is 2. The van der Waals surface area contributed by atoms with Crippen LogP contribution in [0.5, 0.6) is 0 Å². The minimum atomic E-state index is -0.661. The van der Waals surface area contributed by atoms with Gasteiger partial charge in [-0.2, -0.15) is 0 Å². The number of nitrogens with zero attached hydrogens (tertiary/aromatic N) is 1. The number of nitrogens with one attached hydrogen (secondary N) is 1. The molecule has 5 aliphatic rings. The zero-order chi connectivity index (χ0) is 22.1. The van der Waals surface area contributed by atoms with Gasteiger partial charge in [-0.1, -0.05) is 13.8 Å². The predicted molar refractivity (Wildman–Crippen MR) is 114 cm³/mol. The van der Waals surface area contributed by atoms with E-state index in [1.807, 2.05) is 4.90 Å². The van der Waals surface area contributed by atoms with Crippen LogP contribution in [0.15, 0.2) is 0 Å². The molecule has 0 aromatic carbocycles. The molecule has 30 heavy (non-hydrogen) atoms. The Morgan fingerprint density at radius 2 is 1.93 bits per heavy atom. The molecule has 2 aliphatic heterocycles. The molecule has 2 heterocycles. The van der Waals surface area contributed by atoms with Gasteiger partial charge in [-0.05, 0) is 77.6 Å². The highest BCUT2D eigenvalue weighted by Crippen LogP contribution is 2.65. The molecule has 8 heteroatoms. The van der Waals surface area contributed by atoms with E-state index in [1.54, 1.807) is 27.7 Å². The fourth-order valence-corrected chi connectivity index (χ4v) is 6.21. The molecular formula is C22H37BN2O5. The third-order valence-corrected chi connectivity index (χ3v) is 7.97. The van der Waals surface area contributed by atoms with Gasteiger partial charge in [-0.15, -0.1) is 0 Å². The number of carbonyl (C=O) groups is 2. The number of hydrogen-bond donors (Lipinski definition) is 1. The van der Waals surface area contributed by atoms with Gasteiger partial charge >= 0.3 is 13.2 Å². The Labute approximate surface area is 180 Å². The zero-order valence-corrected chi connectivity index (χ0v) is 19.5. The van der Waals surface area contributed by atoms with Crippen LogP contribution in [0.25, 0.3) is 0 Å². The van der Waals surface area contributed by atoms with Crippen molar-refractivity contribution in [1.29, 1.82) is 0 Å². The Kier molecular flexibility index (Phi) is 5.21. The Hall–Kier alpha value is -1.28. The SMILES string of the molecule is C[C@@H](NC(=O)OC(C)(C)C)C(=O)N1CCC[C@H]1B1O[C@H]2C[C@H]3C[C@H](C3(C)C)[C@@]2(C)O1. The Bertz CT molecular complexity index is 723. The first-order valence-corrected chi connectivity index (χ1v) is 11.5. The fraction of sp³-hybridized carbons (Fsp3) is 0.909. The van der Waals surface area contributed by atoms with Crippen LogP contribution in [0.1, 0.15) is 74.1 Å². The molecule has 5 fully saturated rings. The second kappa shape index (κ2) is 7.12. The van der Waals surface area contributed by atoms with Gasteiger partial charge < -0.3 is 24.3 Å². The van der Waals surface area contributed by atoms with Crippen molar-refractivity contribution in [3.05, 3.63) is 0 Å². The van der Waals surface area contributed by atoms with E-state index in [9.17, 15) is 9.59 Å².